The van der Waals surface area contributed by atoms with E-state index in [1.807, 2.05) is 0 Å². The highest BCUT2D eigenvalue weighted by Gasteiger charge is 1.91. The van der Waals surface area contributed by atoms with Crippen molar-refractivity contribution in [3.05, 3.63) is 39.5 Å². The predicted octanol–water partition coefficient (Wildman–Crippen LogP) is 4.49. The summed E-state index contributed by atoms with van der Waals surface area (Å²) >= 11 is 2.37. The van der Waals surface area contributed by atoms with E-state index in [9.17, 15) is 0 Å². The zero-order chi connectivity index (χ0) is 9.52. The summed E-state index contributed by atoms with van der Waals surface area (Å²) in [6.07, 6.45) is 8.25. The molecule has 0 atom stereocenters. The molecule has 0 aliphatic carbocycles. The van der Waals surface area contributed by atoms with E-state index >= 15 is 0 Å². The molecule has 70 valence electrons. The molecule has 13 heavy (non-hydrogen) atoms. The van der Waals surface area contributed by atoms with Crippen LogP contribution in [-0.4, -0.2) is 0 Å². The van der Waals surface area contributed by atoms with Gasteiger partial charge in [0.25, 0.3) is 0 Å². The molecule has 0 unspecified atom stereocenters. The lowest BCUT2D eigenvalue weighted by atomic mass is 10.2. The van der Waals surface area contributed by atoms with Gasteiger partial charge < -0.3 is 0 Å². The summed E-state index contributed by atoms with van der Waals surface area (Å²) in [6, 6.07) is 8.46. The van der Waals surface area contributed by atoms with Crippen LogP contribution in [0.1, 0.15) is 31.7 Å². The van der Waals surface area contributed by atoms with Crippen LogP contribution in [0.25, 0.3) is 6.08 Å². The molecule has 0 bridgehead atoms. The molecule has 0 saturated carbocycles. The Labute approximate surface area is 94.2 Å². The molecular formula is C12H15I. The van der Waals surface area contributed by atoms with Crippen LogP contribution < -0.4 is 0 Å². The number of rotatable bonds is 4. The average Bonchev–Trinajstić information content (AvgIpc) is 2.15. The van der Waals surface area contributed by atoms with Gasteiger partial charge >= 0.3 is 0 Å². The monoisotopic (exact) mass is 286 g/mol. The average molecular weight is 286 g/mol. The highest BCUT2D eigenvalue weighted by Crippen LogP contribution is 2.13. The Hall–Kier alpha value is -0.310. The molecule has 1 rings (SSSR count). The highest BCUT2D eigenvalue weighted by atomic mass is 127. The van der Waals surface area contributed by atoms with Crippen molar-refractivity contribution in [3.63, 3.8) is 0 Å². The molecular weight excluding hydrogens is 271 g/mol. The zero-order valence-corrected chi connectivity index (χ0v) is 10.1. The second-order valence-corrected chi connectivity index (χ2v) is 4.23. The molecule has 0 aliphatic heterocycles. The summed E-state index contributed by atoms with van der Waals surface area (Å²) in [5, 5.41) is 0. The van der Waals surface area contributed by atoms with E-state index in [2.05, 4.69) is 65.9 Å². The molecule has 0 saturated heterocycles. The minimum atomic E-state index is 1.20. The van der Waals surface area contributed by atoms with Crippen molar-refractivity contribution >= 4 is 28.7 Å². The number of unbranched alkanes of at least 4 members (excludes halogenated alkanes) is 2. The molecule has 0 heterocycles. The van der Waals surface area contributed by atoms with Gasteiger partial charge in [0.05, 0.1) is 0 Å². The fourth-order valence-electron chi connectivity index (χ4n) is 1.14. The van der Waals surface area contributed by atoms with Gasteiger partial charge in [-0.15, -0.1) is 0 Å². The lowest BCUT2D eigenvalue weighted by Gasteiger charge is -1.96. The molecule has 1 aromatic rings. The summed E-state index contributed by atoms with van der Waals surface area (Å²) in [5.41, 5.74) is 1.33. The van der Waals surface area contributed by atoms with E-state index in [4.69, 9.17) is 0 Å². The number of benzene rings is 1. The molecule has 0 spiro atoms. The molecule has 0 aromatic heterocycles. The van der Waals surface area contributed by atoms with Gasteiger partial charge in [-0.2, -0.15) is 0 Å². The summed E-state index contributed by atoms with van der Waals surface area (Å²) < 4.78 is 1.33. The van der Waals surface area contributed by atoms with Gasteiger partial charge in [-0.3, -0.25) is 0 Å². The van der Waals surface area contributed by atoms with Crippen molar-refractivity contribution in [1.29, 1.82) is 0 Å². The van der Waals surface area contributed by atoms with Crippen LogP contribution in [-0.2, 0) is 0 Å². The van der Waals surface area contributed by atoms with Crippen LogP contribution in [0, 0.1) is 3.57 Å². The predicted molar refractivity (Wildman–Crippen MR) is 67.7 cm³/mol. The first kappa shape index (κ1) is 10.8. The molecule has 0 amide bonds. The number of halogens is 1. The van der Waals surface area contributed by atoms with E-state index in [-0.39, 0.29) is 0 Å². The van der Waals surface area contributed by atoms with Gasteiger partial charge in [0, 0.05) is 3.57 Å². The van der Waals surface area contributed by atoms with Crippen molar-refractivity contribution in [2.45, 2.75) is 26.2 Å². The van der Waals surface area contributed by atoms with Crippen molar-refractivity contribution in [2.24, 2.45) is 0 Å². The van der Waals surface area contributed by atoms with Gasteiger partial charge in [0.2, 0.25) is 0 Å². The second kappa shape index (κ2) is 6.19. The van der Waals surface area contributed by atoms with Gasteiger partial charge in [-0.1, -0.05) is 50.1 Å². The topological polar surface area (TPSA) is 0 Å². The van der Waals surface area contributed by atoms with Crippen molar-refractivity contribution < 1.29 is 0 Å². The first-order valence-corrected chi connectivity index (χ1v) is 5.83. The largest absolute Gasteiger partial charge is 0.0839 e. The zero-order valence-electron chi connectivity index (χ0n) is 7.96. The molecule has 0 radical (unpaired) electrons. The van der Waals surface area contributed by atoms with Crippen LogP contribution in [0.15, 0.2) is 30.3 Å². The fourth-order valence-corrected chi connectivity index (χ4v) is 1.71. The van der Waals surface area contributed by atoms with E-state index < -0.39 is 0 Å². The molecule has 1 heteroatoms. The van der Waals surface area contributed by atoms with Gasteiger partial charge in [-0.25, -0.2) is 0 Å². The smallest absolute Gasteiger partial charge is 0.0202 e. The van der Waals surface area contributed by atoms with Crippen LogP contribution in [0.3, 0.4) is 0 Å². The Kier molecular flexibility index (Phi) is 5.13. The van der Waals surface area contributed by atoms with E-state index in [1.54, 1.807) is 0 Å². The Morgan fingerprint density at radius 3 is 2.77 bits per heavy atom. The first-order chi connectivity index (χ1) is 6.34. The van der Waals surface area contributed by atoms with Crippen LogP contribution in [0.2, 0.25) is 0 Å². The summed E-state index contributed by atoms with van der Waals surface area (Å²) in [7, 11) is 0. The van der Waals surface area contributed by atoms with Gasteiger partial charge in [-0.05, 0) is 40.6 Å². The minimum Gasteiger partial charge on any atom is -0.0839 e. The third-order valence-electron chi connectivity index (χ3n) is 1.93. The molecule has 0 aliphatic rings. The standard InChI is InChI=1S/C12H15I/c1-2-3-4-5-8-11-9-6-7-10-12(11)13/h5-10H,2-4H2,1H3/b8-5+. The first-order valence-electron chi connectivity index (χ1n) is 4.75. The second-order valence-electron chi connectivity index (χ2n) is 3.07. The summed E-state index contributed by atoms with van der Waals surface area (Å²) in [5.74, 6) is 0. The minimum absolute atomic E-state index is 1.20. The van der Waals surface area contributed by atoms with E-state index in [1.165, 1.54) is 28.4 Å². The Morgan fingerprint density at radius 2 is 2.08 bits per heavy atom. The van der Waals surface area contributed by atoms with Crippen molar-refractivity contribution in [3.8, 4) is 0 Å². The third kappa shape index (κ3) is 3.94. The fraction of sp³-hybridized carbons (Fsp3) is 0.333. The third-order valence-corrected chi connectivity index (χ3v) is 2.91. The maximum Gasteiger partial charge on any atom is 0.0202 e. The van der Waals surface area contributed by atoms with Crippen LogP contribution in [0.5, 0.6) is 0 Å². The van der Waals surface area contributed by atoms with Crippen molar-refractivity contribution in [1.82, 2.24) is 0 Å². The summed E-state index contributed by atoms with van der Waals surface area (Å²) in [6.45, 7) is 2.22. The molecule has 0 N–H and O–H groups in total. The van der Waals surface area contributed by atoms with Crippen molar-refractivity contribution in [2.75, 3.05) is 0 Å². The quantitative estimate of drug-likeness (QED) is 0.565. The molecule has 1 aromatic carbocycles. The lowest BCUT2D eigenvalue weighted by molar-refractivity contribution is 0.816. The number of hydrogen-bond acceptors (Lipinski definition) is 0. The van der Waals surface area contributed by atoms with Gasteiger partial charge in [0.15, 0.2) is 0 Å². The van der Waals surface area contributed by atoms with E-state index in [0.717, 1.165) is 0 Å². The molecule has 0 fully saturated rings. The Bertz CT molecular complexity index is 276. The molecule has 0 nitrogen and oxygen atoms in total. The number of hydrogen-bond donors (Lipinski definition) is 0. The number of allylic oxidation sites excluding steroid dienone is 1. The van der Waals surface area contributed by atoms with Crippen LogP contribution >= 0.6 is 22.6 Å². The van der Waals surface area contributed by atoms with E-state index in [0.29, 0.717) is 0 Å². The summed E-state index contributed by atoms with van der Waals surface area (Å²) in [4.78, 5) is 0. The maximum atomic E-state index is 2.37. The SMILES string of the molecule is CCCC/C=C/c1ccccc1I. The Morgan fingerprint density at radius 1 is 1.31 bits per heavy atom. The Balaban J connectivity index is 2.53. The highest BCUT2D eigenvalue weighted by molar-refractivity contribution is 14.1. The van der Waals surface area contributed by atoms with Crippen LogP contribution in [0.4, 0.5) is 0 Å². The van der Waals surface area contributed by atoms with Gasteiger partial charge in [0.1, 0.15) is 0 Å². The normalized spacial score (nSPS) is 10.9. The maximum absolute atomic E-state index is 2.37. The lowest BCUT2D eigenvalue weighted by Crippen LogP contribution is -1.77.